The number of carbonyl (C=O) groups excluding carboxylic acids is 2. The van der Waals surface area contributed by atoms with Gasteiger partial charge in [-0.2, -0.15) is 5.10 Å². The van der Waals surface area contributed by atoms with Gasteiger partial charge in [0.15, 0.2) is 0 Å². The van der Waals surface area contributed by atoms with Crippen molar-refractivity contribution in [2.45, 2.75) is 39.0 Å². The van der Waals surface area contributed by atoms with E-state index < -0.39 is 17.6 Å². The largest absolute Gasteiger partial charge is 0.274 e. The first-order chi connectivity index (χ1) is 15.5. The molecule has 0 saturated carbocycles. The standard InChI is InChI=1S/C25H24FN3O3/c1-2-3-4-5-8-17-15-23(30)29(25(17)32)22-14-16(11-12-20(22)26)13-21-18-9-6-7-10-19(18)24(31)28-27-21/h4-7,9-12,14,17H,2-3,8,13,15H2,1H3,(H,28,31)/b5-4+. The van der Waals surface area contributed by atoms with E-state index in [1.54, 1.807) is 18.2 Å². The lowest BCUT2D eigenvalue weighted by Crippen LogP contribution is -2.31. The predicted molar refractivity (Wildman–Crippen MR) is 121 cm³/mol. The minimum atomic E-state index is -0.628. The summed E-state index contributed by atoms with van der Waals surface area (Å²) >= 11 is 0. The Morgan fingerprint density at radius 1 is 1.12 bits per heavy atom. The summed E-state index contributed by atoms with van der Waals surface area (Å²) in [4.78, 5) is 38.4. The third-order valence-electron chi connectivity index (χ3n) is 5.68. The van der Waals surface area contributed by atoms with Crippen LogP contribution in [-0.4, -0.2) is 22.0 Å². The van der Waals surface area contributed by atoms with Crippen LogP contribution in [0.4, 0.5) is 10.1 Å². The number of aromatic amines is 1. The monoisotopic (exact) mass is 433 g/mol. The Kier molecular flexibility index (Phi) is 6.25. The molecule has 164 valence electrons. The summed E-state index contributed by atoms with van der Waals surface area (Å²) in [6, 6.07) is 11.5. The molecule has 1 unspecified atom stereocenters. The van der Waals surface area contributed by atoms with Crippen LogP contribution in [0.3, 0.4) is 0 Å². The highest BCUT2D eigenvalue weighted by Crippen LogP contribution is 2.32. The molecule has 7 heteroatoms. The molecular weight excluding hydrogens is 409 g/mol. The second-order valence-electron chi connectivity index (χ2n) is 7.97. The molecule has 2 heterocycles. The lowest BCUT2D eigenvalue weighted by atomic mass is 10.0. The van der Waals surface area contributed by atoms with Gasteiger partial charge >= 0.3 is 0 Å². The number of benzene rings is 2. The van der Waals surface area contributed by atoms with Gasteiger partial charge in [-0.1, -0.05) is 49.8 Å². The lowest BCUT2D eigenvalue weighted by Gasteiger charge is -2.17. The highest BCUT2D eigenvalue weighted by molar-refractivity contribution is 6.21. The Balaban J connectivity index is 1.61. The Hall–Kier alpha value is -3.61. The normalized spacial score (nSPS) is 16.6. The third-order valence-corrected chi connectivity index (χ3v) is 5.68. The number of allylic oxidation sites excluding steroid dienone is 2. The van der Waals surface area contributed by atoms with Gasteiger partial charge < -0.3 is 0 Å². The molecule has 1 atom stereocenters. The average molecular weight is 433 g/mol. The second-order valence-corrected chi connectivity index (χ2v) is 7.97. The fourth-order valence-corrected chi connectivity index (χ4v) is 4.02. The maximum absolute atomic E-state index is 14.7. The van der Waals surface area contributed by atoms with E-state index in [1.165, 1.54) is 12.1 Å². The van der Waals surface area contributed by atoms with Gasteiger partial charge in [-0.05, 0) is 36.6 Å². The number of hydrogen-bond donors (Lipinski definition) is 1. The minimum Gasteiger partial charge on any atom is -0.274 e. The van der Waals surface area contributed by atoms with Gasteiger partial charge in [-0.25, -0.2) is 14.4 Å². The number of H-pyrrole nitrogens is 1. The molecule has 4 rings (SSSR count). The molecule has 1 aliphatic rings. The Bertz CT molecular complexity index is 1260. The van der Waals surface area contributed by atoms with Gasteiger partial charge in [0.25, 0.3) is 5.56 Å². The van der Waals surface area contributed by atoms with Gasteiger partial charge in [0, 0.05) is 18.2 Å². The number of nitrogens with one attached hydrogen (secondary N) is 1. The number of aromatic nitrogens is 2. The van der Waals surface area contributed by atoms with Gasteiger partial charge in [-0.15, -0.1) is 0 Å². The first-order valence-corrected chi connectivity index (χ1v) is 10.8. The van der Waals surface area contributed by atoms with Gasteiger partial charge in [0.05, 0.1) is 22.7 Å². The van der Waals surface area contributed by atoms with E-state index in [1.807, 2.05) is 24.3 Å². The van der Waals surface area contributed by atoms with Crippen LogP contribution in [0.2, 0.25) is 0 Å². The number of imide groups is 1. The van der Waals surface area contributed by atoms with Crippen LogP contribution in [0.1, 0.15) is 43.9 Å². The van der Waals surface area contributed by atoms with Crippen LogP contribution in [-0.2, 0) is 16.0 Å². The number of hydrogen-bond acceptors (Lipinski definition) is 4. The molecule has 0 aliphatic carbocycles. The molecule has 32 heavy (non-hydrogen) atoms. The van der Waals surface area contributed by atoms with Gasteiger partial charge in [-0.3, -0.25) is 14.4 Å². The van der Waals surface area contributed by atoms with E-state index in [4.69, 9.17) is 0 Å². The molecule has 2 amide bonds. The zero-order valence-corrected chi connectivity index (χ0v) is 17.8. The van der Waals surface area contributed by atoms with Crippen LogP contribution in [0.25, 0.3) is 10.8 Å². The summed E-state index contributed by atoms with van der Waals surface area (Å²) in [5.41, 5.74) is 0.983. The van der Waals surface area contributed by atoms with E-state index >= 15 is 0 Å². The summed E-state index contributed by atoms with van der Waals surface area (Å²) in [7, 11) is 0. The summed E-state index contributed by atoms with van der Waals surface area (Å²) in [6.07, 6.45) is 6.71. The van der Waals surface area contributed by atoms with E-state index in [-0.39, 0.29) is 23.6 Å². The Labute approximate surface area is 184 Å². The summed E-state index contributed by atoms with van der Waals surface area (Å²) in [5, 5.41) is 7.86. The third kappa shape index (κ3) is 4.23. The van der Waals surface area contributed by atoms with Gasteiger partial charge in [0.2, 0.25) is 11.8 Å². The number of unbranched alkanes of at least 4 members (excludes halogenated alkanes) is 1. The van der Waals surface area contributed by atoms with E-state index in [0.29, 0.717) is 34.9 Å². The first-order valence-electron chi connectivity index (χ1n) is 10.8. The molecule has 3 aromatic rings. The van der Waals surface area contributed by atoms with Gasteiger partial charge in [0.1, 0.15) is 5.82 Å². The van der Waals surface area contributed by atoms with Crippen LogP contribution in [0.5, 0.6) is 0 Å². The molecule has 1 aromatic heterocycles. The van der Waals surface area contributed by atoms with E-state index in [2.05, 4.69) is 17.1 Å². The zero-order chi connectivity index (χ0) is 22.7. The Morgan fingerprint density at radius 3 is 2.69 bits per heavy atom. The fourth-order valence-electron chi connectivity index (χ4n) is 4.02. The zero-order valence-electron chi connectivity index (χ0n) is 17.8. The smallest absolute Gasteiger partial charge is 0.272 e. The number of fused-ring (bicyclic) bond motifs is 1. The van der Waals surface area contributed by atoms with Crippen LogP contribution in [0, 0.1) is 11.7 Å². The van der Waals surface area contributed by atoms with Crippen molar-refractivity contribution in [2.24, 2.45) is 5.92 Å². The van der Waals surface area contributed by atoms with E-state index in [0.717, 1.165) is 17.7 Å². The molecule has 2 aromatic carbocycles. The second kappa shape index (κ2) is 9.26. The highest BCUT2D eigenvalue weighted by Gasteiger charge is 2.39. The van der Waals surface area contributed by atoms with Crippen molar-refractivity contribution in [3.05, 3.63) is 82.0 Å². The first kappa shape index (κ1) is 21.6. The van der Waals surface area contributed by atoms with Crippen molar-refractivity contribution in [3.8, 4) is 0 Å². The van der Waals surface area contributed by atoms with Crippen LogP contribution < -0.4 is 10.5 Å². The molecule has 1 fully saturated rings. The molecule has 0 bridgehead atoms. The highest BCUT2D eigenvalue weighted by atomic mass is 19.1. The van der Waals surface area contributed by atoms with Crippen molar-refractivity contribution in [1.82, 2.24) is 10.2 Å². The van der Waals surface area contributed by atoms with Crippen molar-refractivity contribution >= 4 is 28.3 Å². The molecule has 1 saturated heterocycles. The molecule has 1 aliphatic heterocycles. The van der Waals surface area contributed by atoms with Crippen molar-refractivity contribution in [1.29, 1.82) is 0 Å². The van der Waals surface area contributed by atoms with Crippen molar-refractivity contribution < 1.29 is 14.0 Å². The number of carbonyl (C=O) groups is 2. The summed E-state index contributed by atoms with van der Waals surface area (Å²) < 4.78 is 14.7. The number of halogens is 1. The topological polar surface area (TPSA) is 83.1 Å². The quantitative estimate of drug-likeness (QED) is 0.445. The van der Waals surface area contributed by atoms with E-state index in [9.17, 15) is 18.8 Å². The molecule has 0 radical (unpaired) electrons. The number of anilines is 1. The van der Waals surface area contributed by atoms with Crippen LogP contribution in [0.15, 0.2) is 59.4 Å². The summed E-state index contributed by atoms with van der Waals surface area (Å²) in [5.74, 6) is -1.87. The fraction of sp³-hybridized carbons (Fsp3) is 0.280. The average Bonchev–Trinajstić information content (AvgIpc) is 3.07. The SMILES string of the molecule is CCC/C=C/CC1CC(=O)N(c2cc(Cc3n[nH]c(=O)c4ccccc34)ccc2F)C1=O. The number of amides is 2. The number of rotatable bonds is 7. The van der Waals surface area contributed by atoms with Crippen molar-refractivity contribution in [3.63, 3.8) is 0 Å². The maximum atomic E-state index is 14.7. The Morgan fingerprint density at radius 2 is 1.91 bits per heavy atom. The minimum absolute atomic E-state index is 0.0359. The molecular formula is C25H24FN3O3. The maximum Gasteiger partial charge on any atom is 0.272 e. The predicted octanol–water partition coefficient (Wildman–Crippen LogP) is 4.28. The molecule has 6 nitrogen and oxygen atoms in total. The molecule has 1 N–H and O–H groups in total. The molecule has 0 spiro atoms. The number of nitrogens with zero attached hydrogens (tertiary/aromatic N) is 2. The van der Waals surface area contributed by atoms with Crippen molar-refractivity contribution in [2.75, 3.05) is 4.90 Å². The van der Waals surface area contributed by atoms with Crippen LogP contribution >= 0.6 is 0 Å². The summed E-state index contributed by atoms with van der Waals surface area (Å²) in [6.45, 7) is 2.07. The lowest BCUT2D eigenvalue weighted by molar-refractivity contribution is -0.122.